The highest BCUT2D eigenvalue weighted by molar-refractivity contribution is 6.04. The zero-order chi connectivity index (χ0) is 16.3. The zero-order valence-corrected chi connectivity index (χ0v) is 13.3. The van der Waals surface area contributed by atoms with Crippen LogP contribution in [0.1, 0.15) is 36.8 Å². The molecule has 0 bridgehead atoms. The first-order valence-corrected chi connectivity index (χ1v) is 7.31. The van der Waals surface area contributed by atoms with Gasteiger partial charge in [-0.05, 0) is 38.1 Å². The summed E-state index contributed by atoms with van der Waals surface area (Å²) in [6.07, 6.45) is 0. The van der Waals surface area contributed by atoms with Crippen molar-refractivity contribution in [2.24, 2.45) is 5.92 Å². The number of nitrogens with one attached hydrogen (secondary N) is 1. The second-order valence-electron chi connectivity index (χ2n) is 5.41. The first-order chi connectivity index (χ1) is 10.4. The van der Waals surface area contributed by atoms with E-state index in [1.807, 2.05) is 20.8 Å². The Hall–Kier alpha value is -2.43. The molecular formula is C17H20N2O3. The average molecular weight is 300 g/mol. The molecule has 22 heavy (non-hydrogen) atoms. The molecule has 1 heterocycles. The number of hydrogen-bond donors (Lipinski definition) is 1. The monoisotopic (exact) mass is 300 g/mol. The van der Waals surface area contributed by atoms with Crippen molar-refractivity contribution in [3.63, 3.8) is 0 Å². The smallest absolute Gasteiger partial charge is 0.338 e. The van der Waals surface area contributed by atoms with Crippen LogP contribution in [0.15, 0.2) is 24.3 Å². The lowest BCUT2D eigenvalue weighted by Gasteiger charge is -2.12. The lowest BCUT2D eigenvalue weighted by Crippen LogP contribution is -2.18. The fourth-order valence-corrected chi connectivity index (χ4v) is 2.08. The molecule has 1 amide bonds. The van der Waals surface area contributed by atoms with Crippen molar-refractivity contribution in [3.05, 3.63) is 35.5 Å². The van der Waals surface area contributed by atoms with Gasteiger partial charge in [0.05, 0.1) is 23.4 Å². The molecule has 0 aliphatic heterocycles. The van der Waals surface area contributed by atoms with Crippen molar-refractivity contribution in [2.75, 3.05) is 11.9 Å². The molecule has 2 aromatic rings. The number of carbonyl (C=O) groups is 2. The topological polar surface area (TPSA) is 68.3 Å². The van der Waals surface area contributed by atoms with Gasteiger partial charge in [0, 0.05) is 17.0 Å². The minimum absolute atomic E-state index is 0.0755. The fourth-order valence-electron chi connectivity index (χ4n) is 2.08. The van der Waals surface area contributed by atoms with Gasteiger partial charge in [0.15, 0.2) is 0 Å². The van der Waals surface area contributed by atoms with Gasteiger partial charge in [-0.25, -0.2) is 4.79 Å². The molecule has 1 N–H and O–H groups in total. The lowest BCUT2D eigenvalue weighted by atomic mass is 10.1. The van der Waals surface area contributed by atoms with E-state index in [-0.39, 0.29) is 17.8 Å². The van der Waals surface area contributed by atoms with E-state index < -0.39 is 0 Å². The molecule has 5 heteroatoms. The third-order valence-electron chi connectivity index (χ3n) is 3.23. The highest BCUT2D eigenvalue weighted by Gasteiger charge is 2.13. The van der Waals surface area contributed by atoms with Gasteiger partial charge in [-0.3, -0.25) is 9.78 Å². The van der Waals surface area contributed by atoms with Crippen LogP contribution in [-0.4, -0.2) is 23.5 Å². The summed E-state index contributed by atoms with van der Waals surface area (Å²) in [5.41, 5.74) is 2.63. The standard InChI is InChI=1S/C17H20N2O3/c1-5-22-17(21)12-6-7-14-13(9-12)15(8-11(4)18-14)19-16(20)10(2)3/h6-10H,5H2,1-4H3,(H,18,19,20). The molecule has 0 atom stereocenters. The predicted octanol–water partition coefficient (Wildman–Crippen LogP) is 3.31. The average Bonchev–Trinajstić information content (AvgIpc) is 2.46. The number of esters is 1. The van der Waals surface area contributed by atoms with Crippen molar-refractivity contribution >= 4 is 28.5 Å². The third-order valence-corrected chi connectivity index (χ3v) is 3.23. The minimum atomic E-state index is -0.383. The van der Waals surface area contributed by atoms with Crippen LogP contribution >= 0.6 is 0 Å². The SMILES string of the molecule is CCOC(=O)c1ccc2nc(C)cc(NC(=O)C(C)C)c2c1. The number of rotatable bonds is 4. The van der Waals surface area contributed by atoms with Crippen LogP contribution < -0.4 is 5.32 Å². The van der Waals surface area contributed by atoms with E-state index in [0.29, 0.717) is 17.9 Å². The molecule has 0 unspecified atom stereocenters. The maximum absolute atomic E-state index is 12.0. The van der Waals surface area contributed by atoms with Crippen LogP contribution in [0.5, 0.6) is 0 Å². The molecule has 0 radical (unpaired) electrons. The van der Waals surface area contributed by atoms with Gasteiger partial charge in [0.1, 0.15) is 0 Å². The Morgan fingerprint density at radius 2 is 2.00 bits per heavy atom. The molecule has 1 aromatic carbocycles. The molecular weight excluding hydrogens is 280 g/mol. The molecule has 0 aliphatic carbocycles. The number of hydrogen-bond acceptors (Lipinski definition) is 4. The number of aromatic nitrogens is 1. The maximum Gasteiger partial charge on any atom is 0.338 e. The van der Waals surface area contributed by atoms with Crippen molar-refractivity contribution in [1.82, 2.24) is 4.98 Å². The van der Waals surface area contributed by atoms with Gasteiger partial charge >= 0.3 is 5.97 Å². The summed E-state index contributed by atoms with van der Waals surface area (Å²) in [5, 5.41) is 3.62. The number of anilines is 1. The number of pyridine rings is 1. The van der Waals surface area contributed by atoms with Crippen LogP contribution in [0.4, 0.5) is 5.69 Å². The second kappa shape index (κ2) is 6.56. The Balaban J connectivity index is 2.51. The first-order valence-electron chi connectivity index (χ1n) is 7.31. The Morgan fingerprint density at radius 1 is 1.27 bits per heavy atom. The Labute approximate surface area is 129 Å². The van der Waals surface area contributed by atoms with Gasteiger partial charge < -0.3 is 10.1 Å². The zero-order valence-electron chi connectivity index (χ0n) is 13.3. The number of fused-ring (bicyclic) bond motifs is 1. The summed E-state index contributed by atoms with van der Waals surface area (Å²) in [4.78, 5) is 28.3. The summed E-state index contributed by atoms with van der Waals surface area (Å²) >= 11 is 0. The predicted molar refractivity (Wildman–Crippen MR) is 85.9 cm³/mol. The minimum Gasteiger partial charge on any atom is -0.462 e. The van der Waals surface area contributed by atoms with Crippen LogP contribution in [0.25, 0.3) is 10.9 Å². The van der Waals surface area contributed by atoms with E-state index in [2.05, 4.69) is 10.3 Å². The highest BCUT2D eigenvalue weighted by atomic mass is 16.5. The molecule has 0 fully saturated rings. The van der Waals surface area contributed by atoms with Gasteiger partial charge in [-0.15, -0.1) is 0 Å². The Morgan fingerprint density at radius 3 is 2.64 bits per heavy atom. The molecule has 0 aliphatic rings. The van der Waals surface area contributed by atoms with E-state index in [4.69, 9.17) is 4.74 Å². The molecule has 116 valence electrons. The molecule has 1 aromatic heterocycles. The summed E-state index contributed by atoms with van der Waals surface area (Å²) in [5.74, 6) is -0.587. The number of nitrogens with zero attached hydrogens (tertiary/aromatic N) is 1. The number of carbonyl (C=O) groups excluding carboxylic acids is 2. The first kappa shape index (κ1) is 15.9. The van der Waals surface area contributed by atoms with E-state index in [1.165, 1.54) is 0 Å². The number of benzene rings is 1. The molecule has 0 saturated carbocycles. The fraction of sp³-hybridized carbons (Fsp3) is 0.353. The van der Waals surface area contributed by atoms with Crippen LogP contribution in [-0.2, 0) is 9.53 Å². The third kappa shape index (κ3) is 3.42. The summed E-state index contributed by atoms with van der Waals surface area (Å²) in [6, 6.07) is 6.95. The summed E-state index contributed by atoms with van der Waals surface area (Å²) in [7, 11) is 0. The number of ether oxygens (including phenoxy) is 1. The normalized spacial score (nSPS) is 10.8. The quantitative estimate of drug-likeness (QED) is 0.880. The van der Waals surface area contributed by atoms with E-state index in [0.717, 1.165) is 16.6 Å². The summed E-state index contributed by atoms with van der Waals surface area (Å²) in [6.45, 7) is 7.60. The number of amides is 1. The van der Waals surface area contributed by atoms with Crippen LogP contribution in [0, 0.1) is 12.8 Å². The van der Waals surface area contributed by atoms with Gasteiger partial charge in [-0.2, -0.15) is 0 Å². The van der Waals surface area contributed by atoms with Crippen LogP contribution in [0.2, 0.25) is 0 Å². The Bertz CT molecular complexity index is 723. The van der Waals surface area contributed by atoms with Crippen molar-refractivity contribution in [3.8, 4) is 0 Å². The molecule has 0 saturated heterocycles. The Kier molecular flexibility index (Phi) is 4.75. The van der Waals surface area contributed by atoms with Crippen LogP contribution in [0.3, 0.4) is 0 Å². The van der Waals surface area contributed by atoms with Gasteiger partial charge in [-0.1, -0.05) is 13.8 Å². The highest BCUT2D eigenvalue weighted by Crippen LogP contribution is 2.25. The van der Waals surface area contributed by atoms with Crippen molar-refractivity contribution in [2.45, 2.75) is 27.7 Å². The maximum atomic E-state index is 12.0. The molecule has 2 rings (SSSR count). The molecule has 0 spiro atoms. The van der Waals surface area contributed by atoms with Crippen molar-refractivity contribution in [1.29, 1.82) is 0 Å². The van der Waals surface area contributed by atoms with E-state index in [9.17, 15) is 9.59 Å². The number of aryl methyl sites for hydroxylation is 1. The van der Waals surface area contributed by atoms with E-state index in [1.54, 1.807) is 31.2 Å². The van der Waals surface area contributed by atoms with E-state index >= 15 is 0 Å². The largest absolute Gasteiger partial charge is 0.462 e. The second-order valence-corrected chi connectivity index (χ2v) is 5.41. The summed E-state index contributed by atoms with van der Waals surface area (Å²) < 4.78 is 5.01. The van der Waals surface area contributed by atoms with Gasteiger partial charge in [0.25, 0.3) is 0 Å². The lowest BCUT2D eigenvalue weighted by molar-refractivity contribution is -0.118. The molecule has 5 nitrogen and oxygen atoms in total. The van der Waals surface area contributed by atoms with Gasteiger partial charge in [0.2, 0.25) is 5.91 Å². The van der Waals surface area contributed by atoms with Crippen molar-refractivity contribution < 1.29 is 14.3 Å².